The van der Waals surface area contributed by atoms with Gasteiger partial charge in [-0.3, -0.25) is 0 Å². The molecule has 0 saturated heterocycles. The van der Waals surface area contributed by atoms with Gasteiger partial charge in [-0.1, -0.05) is 49.6 Å². The predicted molar refractivity (Wildman–Crippen MR) is 91.9 cm³/mol. The molecule has 1 aliphatic rings. The molecular weight excluding hydrogens is 280 g/mol. The molecule has 1 saturated carbocycles. The molecule has 0 aromatic heterocycles. The Hall–Kier alpha value is -0.570. The van der Waals surface area contributed by atoms with Gasteiger partial charge in [0.05, 0.1) is 0 Å². The summed E-state index contributed by atoms with van der Waals surface area (Å²) >= 11 is 6.31. The average molecular weight is 309 g/mol. The lowest BCUT2D eigenvalue weighted by Gasteiger charge is -2.46. The van der Waals surface area contributed by atoms with Crippen molar-refractivity contribution in [3.05, 3.63) is 34.9 Å². The van der Waals surface area contributed by atoms with E-state index in [9.17, 15) is 0 Å². The van der Waals surface area contributed by atoms with Crippen molar-refractivity contribution in [2.75, 3.05) is 20.6 Å². The highest BCUT2D eigenvalue weighted by Crippen LogP contribution is 2.35. The van der Waals surface area contributed by atoms with Crippen molar-refractivity contribution in [2.45, 2.75) is 51.1 Å². The molecule has 0 aliphatic heterocycles. The zero-order chi connectivity index (χ0) is 15.5. The van der Waals surface area contributed by atoms with Gasteiger partial charge in [-0.15, -0.1) is 0 Å². The first kappa shape index (κ1) is 16.8. The largest absolute Gasteiger partial charge is 0.308 e. The van der Waals surface area contributed by atoms with Crippen LogP contribution in [0, 0.1) is 5.92 Å². The quantitative estimate of drug-likeness (QED) is 0.861. The Labute approximate surface area is 134 Å². The number of benzene rings is 1. The van der Waals surface area contributed by atoms with Crippen molar-refractivity contribution in [3.63, 3.8) is 0 Å². The number of likely N-dealkylation sites (N-methyl/N-ethyl adjacent to an activating group) is 1. The number of rotatable bonds is 5. The van der Waals surface area contributed by atoms with Crippen molar-refractivity contribution in [1.29, 1.82) is 0 Å². The van der Waals surface area contributed by atoms with Gasteiger partial charge in [0.1, 0.15) is 0 Å². The van der Waals surface area contributed by atoms with Gasteiger partial charge in [0.2, 0.25) is 0 Å². The van der Waals surface area contributed by atoms with Crippen LogP contribution in [-0.4, -0.2) is 31.1 Å². The summed E-state index contributed by atoms with van der Waals surface area (Å²) in [5.74, 6) is 0.818. The molecule has 3 heteroatoms. The first-order chi connectivity index (χ1) is 9.94. The van der Waals surface area contributed by atoms with Crippen LogP contribution in [0.1, 0.15) is 51.1 Å². The van der Waals surface area contributed by atoms with Gasteiger partial charge in [0, 0.05) is 23.1 Å². The zero-order valence-electron chi connectivity index (χ0n) is 13.8. The second kappa shape index (κ2) is 7.13. The summed E-state index contributed by atoms with van der Waals surface area (Å²) in [4.78, 5) is 2.43. The highest BCUT2D eigenvalue weighted by Gasteiger charge is 2.36. The fourth-order valence-electron chi connectivity index (χ4n) is 3.64. The molecule has 2 nitrogen and oxygen atoms in total. The first-order valence-electron chi connectivity index (χ1n) is 8.10. The second-order valence-electron chi connectivity index (χ2n) is 6.94. The standard InChI is InChI=1S/C18H29ClN2/c1-14-8-7-11-18(12-14,21(3)4)13-20-15(2)16-9-5-6-10-17(16)19/h5-6,9-10,14-15,20H,7-8,11-13H2,1-4H3. The predicted octanol–water partition coefficient (Wildman–Crippen LogP) is 4.50. The van der Waals surface area contributed by atoms with Crippen LogP contribution < -0.4 is 5.32 Å². The van der Waals surface area contributed by atoms with E-state index < -0.39 is 0 Å². The Morgan fingerprint density at radius 2 is 2.10 bits per heavy atom. The SMILES string of the molecule is CC1CCCC(CNC(C)c2ccccc2Cl)(N(C)C)C1. The van der Waals surface area contributed by atoms with Gasteiger partial charge in [0.15, 0.2) is 0 Å². The Kier molecular flexibility index (Phi) is 5.70. The topological polar surface area (TPSA) is 15.3 Å². The molecule has 1 N–H and O–H groups in total. The normalized spacial score (nSPS) is 27.8. The fraction of sp³-hybridized carbons (Fsp3) is 0.667. The Morgan fingerprint density at radius 1 is 1.38 bits per heavy atom. The Balaban J connectivity index is 2.04. The van der Waals surface area contributed by atoms with Crippen LogP contribution in [0.15, 0.2) is 24.3 Å². The first-order valence-corrected chi connectivity index (χ1v) is 8.48. The van der Waals surface area contributed by atoms with E-state index in [4.69, 9.17) is 11.6 Å². The van der Waals surface area contributed by atoms with E-state index in [2.05, 4.69) is 50.3 Å². The fourth-order valence-corrected chi connectivity index (χ4v) is 3.94. The van der Waals surface area contributed by atoms with Crippen molar-refractivity contribution < 1.29 is 0 Å². The summed E-state index contributed by atoms with van der Waals surface area (Å²) in [5, 5.41) is 4.58. The Bertz CT molecular complexity index is 460. The minimum atomic E-state index is 0.285. The van der Waals surface area contributed by atoms with E-state index in [1.807, 2.05) is 12.1 Å². The number of halogens is 1. The molecule has 1 fully saturated rings. The molecule has 3 atom stereocenters. The molecule has 0 amide bonds. The maximum atomic E-state index is 6.31. The molecule has 3 unspecified atom stereocenters. The third-order valence-electron chi connectivity index (χ3n) is 5.13. The second-order valence-corrected chi connectivity index (χ2v) is 7.35. The van der Waals surface area contributed by atoms with Gasteiger partial charge in [-0.2, -0.15) is 0 Å². The van der Waals surface area contributed by atoms with Gasteiger partial charge in [0.25, 0.3) is 0 Å². The number of hydrogen-bond donors (Lipinski definition) is 1. The minimum absolute atomic E-state index is 0.285. The number of nitrogens with one attached hydrogen (secondary N) is 1. The molecule has 0 heterocycles. The summed E-state index contributed by atoms with van der Waals surface area (Å²) in [6.45, 7) is 5.61. The molecule has 0 bridgehead atoms. The lowest BCUT2D eigenvalue weighted by Crippen LogP contribution is -2.54. The number of nitrogens with zero attached hydrogens (tertiary/aromatic N) is 1. The van der Waals surface area contributed by atoms with Crippen molar-refractivity contribution in [2.24, 2.45) is 5.92 Å². The summed E-state index contributed by atoms with van der Waals surface area (Å²) < 4.78 is 0. The van der Waals surface area contributed by atoms with Gasteiger partial charge in [-0.05, 0) is 51.4 Å². The summed E-state index contributed by atoms with van der Waals surface area (Å²) in [6, 6.07) is 8.42. The lowest BCUT2D eigenvalue weighted by molar-refractivity contribution is 0.0728. The molecule has 2 rings (SSSR count). The van der Waals surface area contributed by atoms with Crippen molar-refractivity contribution in [1.82, 2.24) is 10.2 Å². The van der Waals surface area contributed by atoms with Crippen LogP contribution in [0.2, 0.25) is 5.02 Å². The zero-order valence-corrected chi connectivity index (χ0v) is 14.6. The van der Waals surface area contributed by atoms with E-state index in [1.54, 1.807) is 0 Å². The van der Waals surface area contributed by atoms with Gasteiger partial charge < -0.3 is 10.2 Å². The molecule has 1 aromatic carbocycles. The van der Waals surface area contributed by atoms with Gasteiger partial charge >= 0.3 is 0 Å². The maximum Gasteiger partial charge on any atom is 0.0453 e. The number of hydrogen-bond acceptors (Lipinski definition) is 2. The molecule has 118 valence electrons. The Morgan fingerprint density at radius 3 is 2.71 bits per heavy atom. The third-order valence-corrected chi connectivity index (χ3v) is 5.47. The monoisotopic (exact) mass is 308 g/mol. The molecule has 1 aromatic rings. The van der Waals surface area contributed by atoms with Crippen LogP contribution in [0.3, 0.4) is 0 Å². The van der Waals surface area contributed by atoms with Crippen molar-refractivity contribution in [3.8, 4) is 0 Å². The highest BCUT2D eigenvalue weighted by atomic mass is 35.5. The summed E-state index contributed by atoms with van der Waals surface area (Å²) in [6.07, 6.45) is 5.27. The van der Waals surface area contributed by atoms with Crippen LogP contribution in [-0.2, 0) is 0 Å². The van der Waals surface area contributed by atoms with Gasteiger partial charge in [-0.25, -0.2) is 0 Å². The smallest absolute Gasteiger partial charge is 0.0453 e. The highest BCUT2D eigenvalue weighted by molar-refractivity contribution is 6.31. The summed E-state index contributed by atoms with van der Waals surface area (Å²) in [7, 11) is 4.44. The molecule has 21 heavy (non-hydrogen) atoms. The van der Waals surface area contributed by atoms with Crippen LogP contribution in [0.4, 0.5) is 0 Å². The molecular formula is C18H29ClN2. The molecule has 1 aliphatic carbocycles. The van der Waals surface area contributed by atoms with E-state index in [0.29, 0.717) is 0 Å². The van der Waals surface area contributed by atoms with Crippen LogP contribution in [0.25, 0.3) is 0 Å². The van der Waals surface area contributed by atoms with E-state index in [-0.39, 0.29) is 11.6 Å². The molecule has 0 spiro atoms. The van der Waals surface area contributed by atoms with Crippen molar-refractivity contribution >= 4 is 11.6 Å². The maximum absolute atomic E-state index is 6.31. The summed E-state index contributed by atoms with van der Waals surface area (Å²) in [5.41, 5.74) is 1.48. The van der Waals surface area contributed by atoms with Crippen LogP contribution in [0.5, 0.6) is 0 Å². The van der Waals surface area contributed by atoms with E-state index >= 15 is 0 Å². The van der Waals surface area contributed by atoms with Crippen LogP contribution >= 0.6 is 11.6 Å². The molecule has 0 radical (unpaired) electrons. The van der Waals surface area contributed by atoms with E-state index in [1.165, 1.54) is 31.2 Å². The average Bonchev–Trinajstić information content (AvgIpc) is 2.45. The third kappa shape index (κ3) is 4.00. The lowest BCUT2D eigenvalue weighted by atomic mass is 9.75. The van der Waals surface area contributed by atoms with E-state index in [0.717, 1.165) is 17.5 Å². The minimum Gasteiger partial charge on any atom is -0.308 e.